The Morgan fingerprint density at radius 1 is 1.38 bits per heavy atom. The third kappa shape index (κ3) is 3.80. The number of nitrogens with zero attached hydrogens (tertiary/aromatic N) is 2. The molecule has 2 amide bonds. The van der Waals surface area contributed by atoms with Crippen molar-refractivity contribution in [1.82, 2.24) is 15.5 Å². The average Bonchev–Trinajstić information content (AvgIpc) is 3.28. The van der Waals surface area contributed by atoms with E-state index in [1.165, 1.54) is 12.0 Å². The van der Waals surface area contributed by atoms with E-state index in [0.717, 1.165) is 11.1 Å². The number of urea groups is 1. The van der Waals surface area contributed by atoms with Gasteiger partial charge >= 0.3 is 6.03 Å². The van der Waals surface area contributed by atoms with E-state index in [0.29, 0.717) is 18.1 Å². The molecule has 0 aliphatic heterocycles. The lowest BCUT2D eigenvalue weighted by molar-refractivity contribution is 0.251. The largest absolute Gasteiger partial charge is 0.423 e. The summed E-state index contributed by atoms with van der Waals surface area (Å²) in [6, 6.07) is 7.45. The van der Waals surface area contributed by atoms with Crippen LogP contribution in [-0.4, -0.2) is 22.8 Å². The SMILES string of the molecule is Cc1ccc(-c2nnco2)cc1NC(=O)NC[C@H](C)c1ccsc1. The first-order valence-electron chi connectivity index (χ1n) is 7.57. The highest BCUT2D eigenvalue weighted by atomic mass is 32.1. The Hall–Kier alpha value is -2.67. The Kier molecular flexibility index (Phi) is 4.90. The predicted molar refractivity (Wildman–Crippen MR) is 94.2 cm³/mol. The molecule has 2 aromatic heterocycles. The Labute approximate surface area is 143 Å². The molecule has 1 atom stereocenters. The molecule has 0 aliphatic rings. The van der Waals surface area contributed by atoms with Gasteiger partial charge in [-0.15, -0.1) is 10.2 Å². The van der Waals surface area contributed by atoms with E-state index in [1.807, 2.05) is 30.5 Å². The number of amides is 2. The van der Waals surface area contributed by atoms with Crippen LogP contribution in [0.25, 0.3) is 11.5 Å². The summed E-state index contributed by atoms with van der Waals surface area (Å²) in [5.41, 5.74) is 3.67. The van der Waals surface area contributed by atoms with E-state index in [2.05, 4.69) is 39.2 Å². The summed E-state index contributed by atoms with van der Waals surface area (Å²) in [6.07, 6.45) is 1.28. The summed E-state index contributed by atoms with van der Waals surface area (Å²) in [6.45, 7) is 4.59. The molecule has 124 valence electrons. The van der Waals surface area contributed by atoms with Gasteiger partial charge in [-0.1, -0.05) is 13.0 Å². The van der Waals surface area contributed by atoms with E-state index >= 15 is 0 Å². The third-order valence-electron chi connectivity index (χ3n) is 3.77. The average molecular weight is 342 g/mol. The standard InChI is InChI=1S/C17H18N4O2S/c1-11-3-4-13(16-21-19-10-23-16)7-15(11)20-17(22)18-8-12(2)14-5-6-24-9-14/h3-7,9-10,12H,8H2,1-2H3,(H2,18,20,22)/t12-/m0/s1. The molecule has 0 unspecified atom stereocenters. The van der Waals surface area contributed by atoms with Gasteiger partial charge in [-0.2, -0.15) is 11.3 Å². The molecule has 2 N–H and O–H groups in total. The van der Waals surface area contributed by atoms with Crippen molar-refractivity contribution >= 4 is 23.1 Å². The number of anilines is 1. The monoisotopic (exact) mass is 342 g/mol. The van der Waals surface area contributed by atoms with Gasteiger partial charge in [0.05, 0.1) is 0 Å². The van der Waals surface area contributed by atoms with Gasteiger partial charge in [-0.3, -0.25) is 0 Å². The minimum atomic E-state index is -0.233. The molecule has 0 saturated carbocycles. The van der Waals surface area contributed by atoms with Gasteiger partial charge in [0.15, 0.2) is 0 Å². The molecular weight excluding hydrogens is 324 g/mol. The van der Waals surface area contributed by atoms with Crippen LogP contribution in [0.2, 0.25) is 0 Å². The number of carbonyl (C=O) groups excluding carboxylic acids is 1. The summed E-state index contributed by atoms with van der Waals surface area (Å²) in [4.78, 5) is 12.2. The van der Waals surface area contributed by atoms with Crippen molar-refractivity contribution < 1.29 is 9.21 Å². The lowest BCUT2D eigenvalue weighted by atomic mass is 10.1. The highest BCUT2D eigenvalue weighted by Gasteiger charge is 2.11. The van der Waals surface area contributed by atoms with Crippen LogP contribution in [-0.2, 0) is 0 Å². The van der Waals surface area contributed by atoms with Gasteiger partial charge in [-0.25, -0.2) is 4.79 Å². The van der Waals surface area contributed by atoms with Crippen LogP contribution in [0.15, 0.2) is 45.8 Å². The molecule has 0 aliphatic carbocycles. The van der Waals surface area contributed by atoms with Crippen LogP contribution in [0.5, 0.6) is 0 Å². The Bertz CT molecular complexity index is 800. The minimum Gasteiger partial charge on any atom is -0.423 e. The molecule has 3 rings (SSSR count). The molecule has 0 spiro atoms. The smallest absolute Gasteiger partial charge is 0.319 e. The predicted octanol–water partition coefficient (Wildman–Crippen LogP) is 4.03. The first kappa shape index (κ1) is 16.2. The molecular formula is C17H18N4O2S. The molecule has 3 aromatic rings. The maximum absolute atomic E-state index is 12.2. The zero-order valence-corrected chi connectivity index (χ0v) is 14.3. The lowest BCUT2D eigenvalue weighted by Crippen LogP contribution is -2.31. The van der Waals surface area contributed by atoms with Gasteiger partial charge in [0, 0.05) is 17.8 Å². The van der Waals surface area contributed by atoms with Crippen molar-refractivity contribution in [3.8, 4) is 11.5 Å². The Balaban J connectivity index is 1.62. The topological polar surface area (TPSA) is 80.1 Å². The molecule has 1 aromatic carbocycles. The maximum atomic E-state index is 12.2. The summed E-state index contributed by atoms with van der Waals surface area (Å²) in [7, 11) is 0. The van der Waals surface area contributed by atoms with Crippen molar-refractivity contribution in [3.05, 3.63) is 52.5 Å². The zero-order chi connectivity index (χ0) is 16.9. The second-order valence-corrected chi connectivity index (χ2v) is 6.35. The van der Waals surface area contributed by atoms with Crippen molar-refractivity contribution in [2.24, 2.45) is 0 Å². The van der Waals surface area contributed by atoms with Crippen LogP contribution in [0.1, 0.15) is 24.0 Å². The van der Waals surface area contributed by atoms with Crippen molar-refractivity contribution in [1.29, 1.82) is 0 Å². The number of hydrogen-bond acceptors (Lipinski definition) is 5. The van der Waals surface area contributed by atoms with Crippen molar-refractivity contribution in [2.75, 3.05) is 11.9 Å². The number of carbonyl (C=O) groups is 1. The van der Waals surface area contributed by atoms with Crippen molar-refractivity contribution in [3.63, 3.8) is 0 Å². The third-order valence-corrected chi connectivity index (χ3v) is 4.48. The number of hydrogen-bond donors (Lipinski definition) is 2. The number of aromatic nitrogens is 2. The van der Waals surface area contributed by atoms with E-state index in [4.69, 9.17) is 4.42 Å². The molecule has 0 radical (unpaired) electrons. The van der Waals surface area contributed by atoms with Crippen LogP contribution < -0.4 is 10.6 Å². The summed E-state index contributed by atoms with van der Waals surface area (Å²) >= 11 is 1.66. The Morgan fingerprint density at radius 3 is 2.96 bits per heavy atom. The quantitative estimate of drug-likeness (QED) is 0.733. The van der Waals surface area contributed by atoms with Crippen LogP contribution >= 0.6 is 11.3 Å². The second-order valence-electron chi connectivity index (χ2n) is 5.57. The van der Waals surface area contributed by atoms with Gasteiger partial charge in [-0.05, 0) is 52.9 Å². The molecule has 7 heteroatoms. The molecule has 0 bridgehead atoms. The number of rotatable bonds is 5. The van der Waals surface area contributed by atoms with Crippen LogP contribution in [0.4, 0.5) is 10.5 Å². The van der Waals surface area contributed by atoms with Gasteiger partial charge in [0.1, 0.15) is 0 Å². The molecule has 0 saturated heterocycles. The highest BCUT2D eigenvalue weighted by Crippen LogP contribution is 2.24. The number of benzene rings is 1. The summed E-state index contributed by atoms with van der Waals surface area (Å²) < 4.78 is 5.19. The first-order chi connectivity index (χ1) is 11.6. The van der Waals surface area contributed by atoms with E-state index in [-0.39, 0.29) is 11.9 Å². The molecule has 24 heavy (non-hydrogen) atoms. The van der Waals surface area contributed by atoms with Gasteiger partial charge in [0.2, 0.25) is 12.3 Å². The number of aryl methyl sites for hydroxylation is 1. The fourth-order valence-electron chi connectivity index (χ4n) is 2.27. The summed E-state index contributed by atoms with van der Waals surface area (Å²) in [5.74, 6) is 0.692. The normalized spacial score (nSPS) is 11.9. The highest BCUT2D eigenvalue weighted by molar-refractivity contribution is 7.07. The maximum Gasteiger partial charge on any atom is 0.319 e. The van der Waals surface area contributed by atoms with Crippen molar-refractivity contribution in [2.45, 2.75) is 19.8 Å². The molecule has 6 nitrogen and oxygen atoms in total. The van der Waals surface area contributed by atoms with Gasteiger partial charge < -0.3 is 15.1 Å². The van der Waals surface area contributed by atoms with Crippen LogP contribution in [0.3, 0.4) is 0 Å². The van der Waals surface area contributed by atoms with Gasteiger partial charge in [0.25, 0.3) is 0 Å². The first-order valence-corrected chi connectivity index (χ1v) is 8.52. The molecule has 0 fully saturated rings. The van der Waals surface area contributed by atoms with E-state index < -0.39 is 0 Å². The number of thiophene rings is 1. The number of nitrogens with one attached hydrogen (secondary N) is 2. The Morgan fingerprint density at radius 2 is 2.25 bits per heavy atom. The second kappa shape index (κ2) is 7.27. The minimum absolute atomic E-state index is 0.233. The van der Waals surface area contributed by atoms with E-state index in [9.17, 15) is 4.79 Å². The lowest BCUT2D eigenvalue weighted by Gasteiger charge is -2.13. The summed E-state index contributed by atoms with van der Waals surface area (Å²) in [5, 5.41) is 17.5. The van der Waals surface area contributed by atoms with E-state index in [1.54, 1.807) is 11.3 Å². The fourth-order valence-corrected chi connectivity index (χ4v) is 3.06. The fraction of sp³-hybridized carbons (Fsp3) is 0.235. The molecule has 2 heterocycles. The van der Waals surface area contributed by atoms with Crippen LogP contribution in [0, 0.1) is 6.92 Å². The zero-order valence-electron chi connectivity index (χ0n) is 13.4.